The van der Waals surface area contributed by atoms with Crippen LogP contribution in [0.1, 0.15) is 32.7 Å². The van der Waals surface area contributed by atoms with Crippen LogP contribution in [0.2, 0.25) is 0 Å². The predicted molar refractivity (Wildman–Crippen MR) is 118 cm³/mol. The molecule has 1 atom stereocenters. The highest BCUT2D eigenvalue weighted by Crippen LogP contribution is 2.42. The first-order valence-corrected chi connectivity index (χ1v) is 10.4. The molecule has 2 aromatic carbocycles. The number of para-hydroxylation sites is 1. The van der Waals surface area contributed by atoms with E-state index >= 15 is 0 Å². The maximum atomic E-state index is 13.4. The molecule has 3 heterocycles. The molecule has 0 saturated carbocycles. The second kappa shape index (κ2) is 7.48. The summed E-state index contributed by atoms with van der Waals surface area (Å²) in [5.74, 6) is 0.288. The van der Waals surface area contributed by atoms with Gasteiger partial charge in [-0.1, -0.05) is 48.3 Å². The van der Waals surface area contributed by atoms with Crippen molar-refractivity contribution in [2.24, 2.45) is 0 Å². The van der Waals surface area contributed by atoms with Gasteiger partial charge in [-0.25, -0.2) is 0 Å². The van der Waals surface area contributed by atoms with Crippen molar-refractivity contribution in [2.45, 2.75) is 13.0 Å². The molecule has 0 aliphatic carbocycles. The molecular weight excluding hydrogens is 414 g/mol. The van der Waals surface area contributed by atoms with Gasteiger partial charge in [-0.05, 0) is 36.8 Å². The van der Waals surface area contributed by atoms with Gasteiger partial charge in [-0.3, -0.25) is 14.5 Å². The topological polar surface area (TPSA) is 85.5 Å². The van der Waals surface area contributed by atoms with Crippen LogP contribution in [0.25, 0.3) is 11.0 Å². The van der Waals surface area contributed by atoms with E-state index in [1.807, 2.05) is 19.1 Å². The number of rotatable bonds is 5. The summed E-state index contributed by atoms with van der Waals surface area (Å²) in [6.07, 6.45) is 1.66. The Hall–Kier alpha value is -3.78. The molecule has 4 aromatic rings. The van der Waals surface area contributed by atoms with E-state index in [0.29, 0.717) is 34.0 Å². The van der Waals surface area contributed by atoms with Crippen molar-refractivity contribution < 1.29 is 13.9 Å². The third kappa shape index (κ3) is 3.12. The molecule has 0 fully saturated rings. The zero-order chi connectivity index (χ0) is 21.5. The minimum Gasteiger partial charge on any atom is -0.490 e. The molecule has 0 unspecified atom stereocenters. The number of hydrogen-bond donors (Lipinski definition) is 0. The molecule has 1 amide bonds. The quantitative estimate of drug-likeness (QED) is 0.439. The van der Waals surface area contributed by atoms with Crippen molar-refractivity contribution >= 4 is 33.3 Å². The van der Waals surface area contributed by atoms with Gasteiger partial charge >= 0.3 is 0 Å². The normalized spacial score (nSPS) is 15.3. The number of hydrogen-bond acceptors (Lipinski definition) is 7. The first kappa shape index (κ1) is 19.2. The summed E-state index contributed by atoms with van der Waals surface area (Å²) in [6.45, 7) is 5.84. The fourth-order valence-electron chi connectivity index (χ4n) is 3.72. The number of fused-ring (bicyclic) bond motifs is 2. The number of nitrogens with zero attached hydrogens (tertiary/aromatic N) is 3. The molecule has 0 radical (unpaired) electrons. The number of benzene rings is 2. The van der Waals surface area contributed by atoms with Crippen molar-refractivity contribution in [1.29, 1.82) is 0 Å². The summed E-state index contributed by atoms with van der Waals surface area (Å²) in [7, 11) is 0. The fraction of sp³-hybridized carbons (Fsp3) is 0.130. The number of amides is 1. The third-order valence-electron chi connectivity index (χ3n) is 5.06. The molecule has 5 rings (SSSR count). The molecule has 8 heteroatoms. The van der Waals surface area contributed by atoms with Crippen LogP contribution >= 0.6 is 11.3 Å². The van der Waals surface area contributed by atoms with Gasteiger partial charge in [0.2, 0.25) is 10.9 Å². The minimum absolute atomic E-state index is 0.0357. The Bertz CT molecular complexity index is 1370. The molecule has 0 spiro atoms. The zero-order valence-corrected chi connectivity index (χ0v) is 17.4. The van der Waals surface area contributed by atoms with Crippen LogP contribution in [0.4, 0.5) is 5.13 Å². The lowest BCUT2D eigenvalue weighted by molar-refractivity contribution is 0.0970. The van der Waals surface area contributed by atoms with Crippen LogP contribution < -0.4 is 15.1 Å². The summed E-state index contributed by atoms with van der Waals surface area (Å²) in [5.41, 5.74) is 1.19. The molecule has 0 bridgehead atoms. The van der Waals surface area contributed by atoms with Crippen LogP contribution in [0.5, 0.6) is 5.75 Å². The van der Waals surface area contributed by atoms with Gasteiger partial charge < -0.3 is 9.15 Å². The van der Waals surface area contributed by atoms with E-state index in [2.05, 4.69) is 16.8 Å². The highest BCUT2D eigenvalue weighted by atomic mass is 32.1. The Balaban J connectivity index is 1.71. The second-order valence-electron chi connectivity index (χ2n) is 7.02. The van der Waals surface area contributed by atoms with Gasteiger partial charge in [0.15, 0.2) is 5.43 Å². The Morgan fingerprint density at radius 3 is 2.65 bits per heavy atom. The lowest BCUT2D eigenvalue weighted by Gasteiger charge is -2.22. The highest BCUT2D eigenvalue weighted by Gasteiger charge is 2.45. The third-order valence-corrected chi connectivity index (χ3v) is 5.90. The first-order chi connectivity index (χ1) is 15.1. The van der Waals surface area contributed by atoms with Crippen LogP contribution in [0, 0.1) is 6.92 Å². The molecule has 7 nitrogen and oxygen atoms in total. The summed E-state index contributed by atoms with van der Waals surface area (Å²) < 4.78 is 11.5. The predicted octanol–water partition coefficient (Wildman–Crippen LogP) is 4.27. The van der Waals surface area contributed by atoms with Gasteiger partial charge in [0.1, 0.15) is 22.9 Å². The van der Waals surface area contributed by atoms with Crippen LogP contribution in [0.15, 0.2) is 70.4 Å². The molecule has 154 valence electrons. The van der Waals surface area contributed by atoms with Gasteiger partial charge in [0, 0.05) is 0 Å². The number of carbonyl (C=O) groups is 1. The van der Waals surface area contributed by atoms with E-state index in [-0.39, 0.29) is 11.2 Å². The number of ether oxygens (including phenoxy) is 1. The van der Waals surface area contributed by atoms with E-state index in [4.69, 9.17) is 9.15 Å². The number of aryl methyl sites for hydroxylation is 1. The standard InChI is InChI=1S/C23H17N3O4S/c1-3-12-29-15-10-8-14(9-11-15)19-18-20(27)16-6-4-5-7-17(16)30-21(18)22(28)26(19)23-25-24-13(2)31-23/h3-11,19H,1,12H2,2H3/t19-/m1/s1. The van der Waals surface area contributed by atoms with Gasteiger partial charge in [-0.2, -0.15) is 0 Å². The Kier molecular flexibility index (Phi) is 4.63. The molecular formula is C23H17N3O4S. The van der Waals surface area contributed by atoms with Crippen LogP contribution in [-0.2, 0) is 0 Å². The number of carbonyl (C=O) groups excluding carboxylic acids is 1. The smallest absolute Gasteiger partial charge is 0.297 e. The van der Waals surface area contributed by atoms with E-state index in [9.17, 15) is 9.59 Å². The first-order valence-electron chi connectivity index (χ1n) is 9.61. The van der Waals surface area contributed by atoms with Crippen LogP contribution in [-0.4, -0.2) is 22.7 Å². The summed E-state index contributed by atoms with van der Waals surface area (Å²) in [4.78, 5) is 28.3. The highest BCUT2D eigenvalue weighted by molar-refractivity contribution is 7.15. The molecule has 0 N–H and O–H groups in total. The average Bonchev–Trinajstić information content (AvgIpc) is 3.34. The lowest BCUT2D eigenvalue weighted by atomic mass is 9.98. The molecule has 1 aliphatic rings. The Labute approximate surface area is 181 Å². The van der Waals surface area contributed by atoms with E-state index in [1.54, 1.807) is 42.5 Å². The average molecular weight is 431 g/mol. The number of anilines is 1. The van der Waals surface area contributed by atoms with Crippen molar-refractivity contribution in [3.05, 3.63) is 93.3 Å². The Morgan fingerprint density at radius 2 is 1.94 bits per heavy atom. The monoisotopic (exact) mass is 431 g/mol. The molecule has 2 aromatic heterocycles. The Morgan fingerprint density at radius 1 is 1.16 bits per heavy atom. The minimum atomic E-state index is -0.677. The van der Waals surface area contributed by atoms with Crippen molar-refractivity contribution in [1.82, 2.24) is 10.2 Å². The molecule has 1 aliphatic heterocycles. The molecule has 0 saturated heterocycles. The zero-order valence-electron chi connectivity index (χ0n) is 16.6. The van der Waals surface area contributed by atoms with Crippen molar-refractivity contribution in [3.63, 3.8) is 0 Å². The van der Waals surface area contributed by atoms with E-state index in [0.717, 1.165) is 10.6 Å². The van der Waals surface area contributed by atoms with E-state index < -0.39 is 11.9 Å². The lowest BCUT2D eigenvalue weighted by Crippen LogP contribution is -2.29. The van der Waals surface area contributed by atoms with Gasteiger partial charge in [-0.15, -0.1) is 10.2 Å². The SMILES string of the molecule is C=CCOc1ccc([C@@H]2c3c(oc4ccccc4c3=O)C(=O)N2c2nnc(C)s2)cc1. The van der Waals surface area contributed by atoms with Crippen molar-refractivity contribution in [3.8, 4) is 5.75 Å². The van der Waals surface area contributed by atoms with E-state index in [1.165, 1.54) is 16.2 Å². The van der Waals surface area contributed by atoms with Gasteiger partial charge in [0.25, 0.3) is 5.91 Å². The summed E-state index contributed by atoms with van der Waals surface area (Å²) in [6, 6.07) is 13.5. The molecule has 31 heavy (non-hydrogen) atoms. The van der Waals surface area contributed by atoms with Crippen molar-refractivity contribution in [2.75, 3.05) is 11.5 Å². The largest absolute Gasteiger partial charge is 0.490 e. The summed E-state index contributed by atoms with van der Waals surface area (Å²) in [5, 5.41) is 9.77. The maximum Gasteiger partial charge on any atom is 0.297 e. The van der Waals surface area contributed by atoms with Crippen LogP contribution in [0.3, 0.4) is 0 Å². The van der Waals surface area contributed by atoms with Gasteiger partial charge in [0.05, 0.1) is 17.0 Å². The second-order valence-corrected chi connectivity index (χ2v) is 8.18. The maximum absolute atomic E-state index is 13.4. The fourth-order valence-corrected chi connectivity index (χ4v) is 4.43. The summed E-state index contributed by atoms with van der Waals surface area (Å²) >= 11 is 1.29. The number of aromatic nitrogens is 2.